The molecule has 1 fully saturated rings. The van der Waals surface area contributed by atoms with Crippen molar-refractivity contribution in [2.45, 2.75) is 44.4 Å². The summed E-state index contributed by atoms with van der Waals surface area (Å²) in [7, 11) is 0. The SMILES string of the molecule is CCCN(C1CC1)C1COc2ccccc2C1O. The van der Waals surface area contributed by atoms with E-state index in [0.717, 1.165) is 24.3 Å². The Hall–Kier alpha value is -1.06. The van der Waals surface area contributed by atoms with Crippen LogP contribution in [0.4, 0.5) is 0 Å². The van der Waals surface area contributed by atoms with Gasteiger partial charge in [-0.05, 0) is 31.9 Å². The summed E-state index contributed by atoms with van der Waals surface area (Å²) in [5, 5.41) is 10.6. The van der Waals surface area contributed by atoms with Gasteiger partial charge in [0.2, 0.25) is 0 Å². The first-order valence-corrected chi connectivity index (χ1v) is 6.96. The Labute approximate surface area is 108 Å². The van der Waals surface area contributed by atoms with Gasteiger partial charge in [0.05, 0.1) is 6.04 Å². The minimum absolute atomic E-state index is 0.118. The molecule has 0 amide bonds. The molecular formula is C15H21NO2. The van der Waals surface area contributed by atoms with Crippen molar-refractivity contribution in [3.8, 4) is 5.75 Å². The first-order chi connectivity index (χ1) is 8.81. The van der Waals surface area contributed by atoms with Crippen LogP contribution in [-0.4, -0.2) is 35.2 Å². The smallest absolute Gasteiger partial charge is 0.125 e. The molecule has 1 saturated carbocycles. The molecule has 1 aromatic rings. The second-order valence-corrected chi connectivity index (χ2v) is 5.33. The highest BCUT2D eigenvalue weighted by atomic mass is 16.5. The minimum Gasteiger partial charge on any atom is -0.491 e. The van der Waals surface area contributed by atoms with Crippen LogP contribution in [0, 0.1) is 0 Å². The molecule has 1 aliphatic carbocycles. The number of ether oxygens (including phenoxy) is 1. The van der Waals surface area contributed by atoms with Crippen LogP contribution in [0.1, 0.15) is 37.9 Å². The van der Waals surface area contributed by atoms with Crippen molar-refractivity contribution in [3.63, 3.8) is 0 Å². The number of fused-ring (bicyclic) bond motifs is 1. The highest BCUT2D eigenvalue weighted by Crippen LogP contribution is 2.38. The molecule has 1 N–H and O–H groups in total. The summed E-state index contributed by atoms with van der Waals surface area (Å²) in [6.45, 7) is 3.85. The molecule has 2 aliphatic rings. The van der Waals surface area contributed by atoms with Gasteiger partial charge in [-0.15, -0.1) is 0 Å². The summed E-state index contributed by atoms with van der Waals surface area (Å²) < 4.78 is 5.81. The van der Waals surface area contributed by atoms with Crippen molar-refractivity contribution in [2.75, 3.05) is 13.2 Å². The number of rotatable bonds is 4. The molecule has 0 saturated heterocycles. The van der Waals surface area contributed by atoms with Gasteiger partial charge < -0.3 is 9.84 Å². The average Bonchev–Trinajstić information content (AvgIpc) is 3.22. The summed E-state index contributed by atoms with van der Waals surface area (Å²) in [6.07, 6.45) is 3.25. The van der Waals surface area contributed by atoms with Gasteiger partial charge >= 0.3 is 0 Å². The van der Waals surface area contributed by atoms with E-state index in [9.17, 15) is 5.11 Å². The molecule has 0 bridgehead atoms. The average molecular weight is 247 g/mol. The van der Waals surface area contributed by atoms with Crippen molar-refractivity contribution in [3.05, 3.63) is 29.8 Å². The quantitative estimate of drug-likeness (QED) is 0.886. The highest BCUT2D eigenvalue weighted by Gasteiger charge is 2.39. The summed E-state index contributed by atoms with van der Waals surface area (Å²) in [6, 6.07) is 8.62. The maximum Gasteiger partial charge on any atom is 0.125 e. The van der Waals surface area contributed by atoms with Crippen LogP contribution in [0.3, 0.4) is 0 Å². The molecule has 0 aromatic heterocycles. The predicted octanol–water partition coefficient (Wildman–Crippen LogP) is 2.36. The van der Waals surface area contributed by atoms with Gasteiger partial charge in [0.1, 0.15) is 18.5 Å². The normalized spacial score (nSPS) is 26.8. The second-order valence-electron chi connectivity index (χ2n) is 5.33. The van der Waals surface area contributed by atoms with Crippen LogP contribution < -0.4 is 4.74 Å². The zero-order chi connectivity index (χ0) is 12.5. The fourth-order valence-corrected chi connectivity index (χ4v) is 2.89. The zero-order valence-electron chi connectivity index (χ0n) is 10.9. The third-order valence-corrected chi connectivity index (χ3v) is 3.94. The van der Waals surface area contributed by atoms with E-state index >= 15 is 0 Å². The molecule has 1 heterocycles. The Balaban J connectivity index is 1.82. The monoisotopic (exact) mass is 247 g/mol. The first kappa shape index (κ1) is 12.0. The Morgan fingerprint density at radius 3 is 2.83 bits per heavy atom. The van der Waals surface area contributed by atoms with Crippen LogP contribution in [0.5, 0.6) is 5.75 Å². The van der Waals surface area contributed by atoms with Crippen molar-refractivity contribution >= 4 is 0 Å². The molecule has 18 heavy (non-hydrogen) atoms. The third-order valence-electron chi connectivity index (χ3n) is 3.94. The van der Waals surface area contributed by atoms with E-state index in [-0.39, 0.29) is 6.04 Å². The number of nitrogens with zero attached hydrogens (tertiary/aromatic N) is 1. The second kappa shape index (κ2) is 4.90. The molecule has 3 nitrogen and oxygen atoms in total. The topological polar surface area (TPSA) is 32.7 Å². The van der Waals surface area contributed by atoms with E-state index in [0.29, 0.717) is 12.6 Å². The summed E-state index contributed by atoms with van der Waals surface area (Å²) >= 11 is 0. The van der Waals surface area contributed by atoms with E-state index in [1.165, 1.54) is 12.8 Å². The van der Waals surface area contributed by atoms with E-state index in [4.69, 9.17) is 4.74 Å². The molecular weight excluding hydrogens is 226 g/mol. The maximum atomic E-state index is 10.6. The van der Waals surface area contributed by atoms with Crippen LogP contribution in [0.25, 0.3) is 0 Å². The number of para-hydroxylation sites is 1. The Morgan fingerprint density at radius 1 is 1.33 bits per heavy atom. The van der Waals surface area contributed by atoms with Gasteiger partial charge in [-0.3, -0.25) is 4.90 Å². The maximum absolute atomic E-state index is 10.6. The Morgan fingerprint density at radius 2 is 2.11 bits per heavy atom. The lowest BCUT2D eigenvalue weighted by atomic mass is 9.97. The van der Waals surface area contributed by atoms with Crippen LogP contribution >= 0.6 is 0 Å². The number of benzene rings is 1. The van der Waals surface area contributed by atoms with Crippen molar-refractivity contribution in [2.24, 2.45) is 0 Å². The lowest BCUT2D eigenvalue weighted by molar-refractivity contribution is -0.000752. The Kier molecular flexibility index (Phi) is 3.27. The minimum atomic E-state index is -0.415. The van der Waals surface area contributed by atoms with E-state index < -0.39 is 6.10 Å². The fraction of sp³-hybridized carbons (Fsp3) is 0.600. The van der Waals surface area contributed by atoms with Gasteiger partial charge in [-0.2, -0.15) is 0 Å². The van der Waals surface area contributed by atoms with E-state index in [1.807, 2.05) is 24.3 Å². The van der Waals surface area contributed by atoms with Crippen LogP contribution in [-0.2, 0) is 0 Å². The molecule has 3 rings (SSSR count). The lowest BCUT2D eigenvalue weighted by Gasteiger charge is -2.38. The number of hydrogen-bond donors (Lipinski definition) is 1. The lowest BCUT2D eigenvalue weighted by Crippen LogP contribution is -2.47. The fourth-order valence-electron chi connectivity index (χ4n) is 2.89. The van der Waals surface area contributed by atoms with Crippen molar-refractivity contribution < 1.29 is 9.84 Å². The molecule has 2 unspecified atom stereocenters. The van der Waals surface area contributed by atoms with Crippen molar-refractivity contribution in [1.82, 2.24) is 4.90 Å². The van der Waals surface area contributed by atoms with Gasteiger partial charge in [-0.1, -0.05) is 25.1 Å². The van der Waals surface area contributed by atoms with E-state index in [2.05, 4.69) is 11.8 Å². The highest BCUT2D eigenvalue weighted by molar-refractivity contribution is 5.37. The summed E-state index contributed by atoms with van der Waals surface area (Å²) in [5.41, 5.74) is 0.940. The summed E-state index contributed by atoms with van der Waals surface area (Å²) in [5.74, 6) is 0.841. The number of aliphatic hydroxyl groups is 1. The molecule has 1 aromatic carbocycles. The van der Waals surface area contributed by atoms with Gasteiger partial charge in [0.15, 0.2) is 0 Å². The van der Waals surface area contributed by atoms with Gasteiger partial charge in [0.25, 0.3) is 0 Å². The first-order valence-electron chi connectivity index (χ1n) is 6.96. The number of hydrogen-bond acceptors (Lipinski definition) is 3. The molecule has 0 radical (unpaired) electrons. The zero-order valence-corrected chi connectivity index (χ0v) is 10.9. The molecule has 3 heteroatoms. The van der Waals surface area contributed by atoms with Crippen LogP contribution in [0.2, 0.25) is 0 Å². The van der Waals surface area contributed by atoms with Gasteiger partial charge in [-0.25, -0.2) is 0 Å². The van der Waals surface area contributed by atoms with Gasteiger partial charge in [0, 0.05) is 11.6 Å². The molecule has 0 spiro atoms. The number of aliphatic hydroxyl groups excluding tert-OH is 1. The Bertz CT molecular complexity index is 417. The van der Waals surface area contributed by atoms with E-state index in [1.54, 1.807) is 0 Å². The predicted molar refractivity (Wildman–Crippen MR) is 70.7 cm³/mol. The standard InChI is InChI=1S/C15H21NO2/c1-2-9-16(11-7-8-11)13-10-18-14-6-4-3-5-12(14)15(13)17/h3-6,11,13,15,17H,2,7-10H2,1H3. The molecule has 2 atom stereocenters. The van der Waals surface area contributed by atoms with Crippen molar-refractivity contribution in [1.29, 1.82) is 0 Å². The molecule has 98 valence electrons. The summed E-state index contributed by atoms with van der Waals surface area (Å²) in [4.78, 5) is 2.45. The largest absolute Gasteiger partial charge is 0.491 e. The molecule has 1 aliphatic heterocycles. The van der Waals surface area contributed by atoms with Crippen LogP contribution in [0.15, 0.2) is 24.3 Å². The third kappa shape index (κ3) is 2.13.